The highest BCUT2D eigenvalue weighted by molar-refractivity contribution is 5.93. The fourth-order valence-electron chi connectivity index (χ4n) is 1.65. The van der Waals surface area contributed by atoms with Gasteiger partial charge in [-0.05, 0) is 17.7 Å². The molecule has 0 spiro atoms. The van der Waals surface area contributed by atoms with Gasteiger partial charge in [-0.2, -0.15) is 13.2 Å². The van der Waals surface area contributed by atoms with Crippen molar-refractivity contribution in [1.29, 1.82) is 0 Å². The molecule has 0 bridgehead atoms. The molecule has 0 aliphatic rings. The molecule has 1 amide bonds. The third-order valence-electron chi connectivity index (χ3n) is 2.81. The van der Waals surface area contributed by atoms with Crippen molar-refractivity contribution in [3.05, 3.63) is 54.0 Å². The lowest BCUT2D eigenvalue weighted by Crippen LogP contribution is -2.22. The molecule has 0 aliphatic heterocycles. The molecule has 2 heterocycles. The Morgan fingerprint density at radius 1 is 1.22 bits per heavy atom. The molecule has 0 fully saturated rings. The number of carbonyl (C=O) groups is 1. The van der Waals surface area contributed by atoms with Crippen LogP contribution >= 0.6 is 0 Å². The van der Waals surface area contributed by atoms with E-state index < -0.39 is 19.2 Å². The van der Waals surface area contributed by atoms with E-state index in [2.05, 4.69) is 15.3 Å². The van der Waals surface area contributed by atoms with Crippen LogP contribution in [0.1, 0.15) is 22.3 Å². The molecule has 2 aromatic heterocycles. The standard InChI is InChI=1S/C15H14F3N3O2/c16-15(17,18)5-7-23-13-4-3-11(8-20-13)9-21-14(22)12-2-1-6-19-10-12/h1-4,6,8,10H,5,7,9H2,(H,21,22). The molecular formula is C15H14F3N3O2. The quantitative estimate of drug-likeness (QED) is 0.887. The summed E-state index contributed by atoms with van der Waals surface area (Å²) in [4.78, 5) is 19.6. The molecule has 1 N–H and O–H groups in total. The molecule has 8 heteroatoms. The molecule has 23 heavy (non-hydrogen) atoms. The van der Waals surface area contributed by atoms with Gasteiger partial charge in [-0.25, -0.2) is 4.98 Å². The molecule has 0 saturated carbocycles. The summed E-state index contributed by atoms with van der Waals surface area (Å²) in [5, 5.41) is 2.69. The van der Waals surface area contributed by atoms with E-state index in [4.69, 9.17) is 4.74 Å². The molecular weight excluding hydrogens is 311 g/mol. The van der Waals surface area contributed by atoms with Crippen molar-refractivity contribution in [1.82, 2.24) is 15.3 Å². The lowest BCUT2D eigenvalue weighted by Gasteiger charge is -2.09. The van der Waals surface area contributed by atoms with Gasteiger partial charge in [-0.1, -0.05) is 6.07 Å². The summed E-state index contributed by atoms with van der Waals surface area (Å²) in [6.07, 6.45) is -0.829. The normalized spacial score (nSPS) is 11.1. The maximum atomic E-state index is 12.0. The Kier molecular flexibility index (Phi) is 5.51. The van der Waals surface area contributed by atoms with Crippen LogP contribution in [0.15, 0.2) is 42.9 Å². The summed E-state index contributed by atoms with van der Waals surface area (Å²) in [5.74, 6) is -0.166. The van der Waals surface area contributed by atoms with E-state index in [0.29, 0.717) is 11.1 Å². The molecule has 122 valence electrons. The summed E-state index contributed by atoms with van der Waals surface area (Å²) >= 11 is 0. The molecule has 0 aromatic carbocycles. The first kappa shape index (κ1) is 16.7. The van der Waals surface area contributed by atoms with Gasteiger partial charge in [0.25, 0.3) is 5.91 Å². The van der Waals surface area contributed by atoms with E-state index in [9.17, 15) is 18.0 Å². The maximum Gasteiger partial charge on any atom is 0.392 e. The van der Waals surface area contributed by atoms with Gasteiger partial charge < -0.3 is 10.1 Å². The van der Waals surface area contributed by atoms with Crippen LogP contribution in [0.2, 0.25) is 0 Å². The van der Waals surface area contributed by atoms with E-state index in [1.807, 2.05) is 0 Å². The van der Waals surface area contributed by atoms with E-state index in [1.165, 1.54) is 18.5 Å². The fourth-order valence-corrected chi connectivity index (χ4v) is 1.65. The number of ether oxygens (including phenoxy) is 1. The average molecular weight is 325 g/mol. The van der Waals surface area contributed by atoms with Crippen molar-refractivity contribution < 1.29 is 22.7 Å². The van der Waals surface area contributed by atoms with Crippen molar-refractivity contribution in [3.8, 4) is 5.88 Å². The Bertz CT molecular complexity index is 631. The minimum absolute atomic E-state index is 0.108. The number of carbonyl (C=O) groups excluding carboxylic acids is 1. The van der Waals surface area contributed by atoms with Gasteiger partial charge in [0.1, 0.15) is 0 Å². The van der Waals surface area contributed by atoms with Crippen LogP contribution in [0.5, 0.6) is 5.88 Å². The number of alkyl halides is 3. The number of hydrogen-bond acceptors (Lipinski definition) is 4. The van der Waals surface area contributed by atoms with Gasteiger partial charge in [0.05, 0.1) is 18.6 Å². The second-order valence-electron chi connectivity index (χ2n) is 4.64. The smallest absolute Gasteiger partial charge is 0.392 e. The number of amides is 1. The molecule has 2 aromatic rings. The zero-order valence-corrected chi connectivity index (χ0v) is 12.0. The van der Waals surface area contributed by atoms with Crippen LogP contribution < -0.4 is 10.1 Å². The Labute approximate surface area is 130 Å². The Balaban J connectivity index is 1.80. The largest absolute Gasteiger partial charge is 0.477 e. The van der Waals surface area contributed by atoms with Crippen molar-refractivity contribution in [3.63, 3.8) is 0 Å². The predicted octanol–water partition coefficient (Wildman–Crippen LogP) is 2.74. The topological polar surface area (TPSA) is 64.1 Å². The zero-order chi connectivity index (χ0) is 16.7. The summed E-state index contributed by atoms with van der Waals surface area (Å²) < 4.78 is 40.9. The number of nitrogens with one attached hydrogen (secondary N) is 1. The fraction of sp³-hybridized carbons (Fsp3) is 0.267. The second-order valence-corrected chi connectivity index (χ2v) is 4.64. The maximum absolute atomic E-state index is 12.0. The summed E-state index contributed by atoms with van der Waals surface area (Å²) in [6.45, 7) is -0.239. The second kappa shape index (κ2) is 7.57. The number of halogens is 3. The van der Waals surface area contributed by atoms with E-state index >= 15 is 0 Å². The van der Waals surface area contributed by atoms with Crippen LogP contribution in [-0.4, -0.2) is 28.7 Å². The number of hydrogen-bond donors (Lipinski definition) is 1. The van der Waals surface area contributed by atoms with Crippen molar-refractivity contribution in [2.24, 2.45) is 0 Å². The van der Waals surface area contributed by atoms with Gasteiger partial charge in [-0.15, -0.1) is 0 Å². The Hall–Kier alpha value is -2.64. The Morgan fingerprint density at radius 3 is 2.65 bits per heavy atom. The van der Waals surface area contributed by atoms with E-state index in [0.717, 1.165) is 0 Å². The van der Waals surface area contributed by atoms with Crippen LogP contribution in [0.25, 0.3) is 0 Å². The highest BCUT2D eigenvalue weighted by Crippen LogP contribution is 2.19. The number of nitrogens with zero attached hydrogens (tertiary/aromatic N) is 2. The monoisotopic (exact) mass is 325 g/mol. The first-order valence-corrected chi connectivity index (χ1v) is 6.77. The molecule has 0 saturated heterocycles. The third-order valence-corrected chi connectivity index (χ3v) is 2.81. The van der Waals surface area contributed by atoms with E-state index in [1.54, 1.807) is 24.4 Å². The van der Waals surface area contributed by atoms with Crippen molar-refractivity contribution in [2.45, 2.75) is 19.1 Å². The molecule has 0 aliphatic carbocycles. The zero-order valence-electron chi connectivity index (χ0n) is 12.0. The molecule has 2 rings (SSSR count). The highest BCUT2D eigenvalue weighted by atomic mass is 19.4. The van der Waals surface area contributed by atoms with Crippen LogP contribution in [0, 0.1) is 0 Å². The summed E-state index contributed by atoms with van der Waals surface area (Å²) in [5.41, 5.74) is 1.14. The highest BCUT2D eigenvalue weighted by Gasteiger charge is 2.26. The average Bonchev–Trinajstić information content (AvgIpc) is 2.53. The molecule has 0 radical (unpaired) electrons. The lowest BCUT2D eigenvalue weighted by atomic mass is 10.2. The molecule has 0 atom stereocenters. The van der Waals surface area contributed by atoms with Crippen LogP contribution in [0.4, 0.5) is 13.2 Å². The number of aromatic nitrogens is 2. The predicted molar refractivity (Wildman–Crippen MR) is 75.8 cm³/mol. The van der Waals surface area contributed by atoms with E-state index in [-0.39, 0.29) is 18.3 Å². The molecule has 5 nitrogen and oxygen atoms in total. The van der Waals surface area contributed by atoms with Gasteiger partial charge in [0, 0.05) is 31.2 Å². The summed E-state index contributed by atoms with van der Waals surface area (Å²) in [6, 6.07) is 6.38. The van der Waals surface area contributed by atoms with Gasteiger partial charge in [0.2, 0.25) is 5.88 Å². The molecule has 0 unspecified atom stereocenters. The number of rotatable bonds is 6. The van der Waals surface area contributed by atoms with Gasteiger partial charge in [0.15, 0.2) is 0 Å². The lowest BCUT2D eigenvalue weighted by molar-refractivity contribution is -0.139. The van der Waals surface area contributed by atoms with Gasteiger partial charge in [-0.3, -0.25) is 9.78 Å². The van der Waals surface area contributed by atoms with Crippen molar-refractivity contribution >= 4 is 5.91 Å². The van der Waals surface area contributed by atoms with Gasteiger partial charge >= 0.3 is 6.18 Å². The first-order valence-electron chi connectivity index (χ1n) is 6.77. The minimum atomic E-state index is -4.25. The SMILES string of the molecule is O=C(NCc1ccc(OCCC(F)(F)F)nc1)c1cccnc1. The van der Waals surface area contributed by atoms with Crippen LogP contribution in [-0.2, 0) is 6.54 Å². The van der Waals surface area contributed by atoms with Crippen LogP contribution in [0.3, 0.4) is 0 Å². The summed E-state index contributed by atoms with van der Waals surface area (Å²) in [7, 11) is 0. The Morgan fingerprint density at radius 2 is 2.04 bits per heavy atom. The first-order chi connectivity index (χ1) is 10.9. The van der Waals surface area contributed by atoms with Crippen molar-refractivity contribution in [2.75, 3.05) is 6.61 Å². The third kappa shape index (κ3) is 5.93. The minimum Gasteiger partial charge on any atom is -0.477 e. The number of pyridine rings is 2.